The normalized spacial score (nSPS) is 11.3. The fourth-order valence-corrected chi connectivity index (χ4v) is 3.29. The zero-order chi connectivity index (χ0) is 17.9. The van der Waals surface area contributed by atoms with Gasteiger partial charge in [-0.05, 0) is 48.2 Å². The van der Waals surface area contributed by atoms with Crippen molar-refractivity contribution in [1.82, 2.24) is 9.97 Å². The molecule has 0 saturated heterocycles. The molecular weight excluding hydrogens is 331 g/mol. The zero-order valence-electron chi connectivity index (χ0n) is 14.2. The molecule has 132 valence electrons. The number of aromatic nitrogens is 2. The third-order valence-corrected chi connectivity index (χ3v) is 4.59. The molecule has 0 aliphatic carbocycles. The predicted octanol–water partition coefficient (Wildman–Crippen LogP) is 4.51. The summed E-state index contributed by atoms with van der Waals surface area (Å²) < 4.78 is 18.8. The van der Waals surface area contributed by atoms with E-state index in [-0.39, 0.29) is 18.2 Å². The van der Waals surface area contributed by atoms with Gasteiger partial charge < -0.3 is 14.7 Å². The van der Waals surface area contributed by atoms with Gasteiger partial charge >= 0.3 is 5.97 Å². The summed E-state index contributed by atoms with van der Waals surface area (Å²) in [5.41, 5.74) is 3.91. The summed E-state index contributed by atoms with van der Waals surface area (Å²) in [6, 6.07) is 12.6. The van der Waals surface area contributed by atoms with E-state index in [9.17, 15) is 9.18 Å². The van der Waals surface area contributed by atoms with E-state index in [1.54, 1.807) is 6.07 Å². The first-order chi connectivity index (χ1) is 12.7. The van der Waals surface area contributed by atoms with Gasteiger partial charge in [0.15, 0.2) is 0 Å². The van der Waals surface area contributed by atoms with Gasteiger partial charge in [-0.1, -0.05) is 18.2 Å². The number of para-hydroxylation sites is 1. The Morgan fingerprint density at radius 3 is 2.62 bits per heavy atom. The first-order valence-corrected chi connectivity index (χ1v) is 8.67. The number of carbonyl (C=O) groups is 1. The summed E-state index contributed by atoms with van der Waals surface area (Å²) >= 11 is 0. The van der Waals surface area contributed by atoms with Crippen LogP contribution in [0.2, 0.25) is 0 Å². The van der Waals surface area contributed by atoms with Crippen molar-refractivity contribution in [2.24, 2.45) is 0 Å². The number of ether oxygens (including phenoxy) is 1. The fraction of sp³-hybridized carbons (Fsp3) is 0.190. The second kappa shape index (κ2) is 7.04. The fourth-order valence-electron chi connectivity index (χ4n) is 3.29. The van der Waals surface area contributed by atoms with Crippen LogP contribution in [0.25, 0.3) is 21.8 Å². The lowest BCUT2D eigenvalue weighted by Gasteiger charge is -2.04. The maximum absolute atomic E-state index is 13.4. The molecule has 0 aliphatic heterocycles. The molecule has 2 aromatic carbocycles. The lowest BCUT2D eigenvalue weighted by molar-refractivity contribution is -0.142. The van der Waals surface area contributed by atoms with Crippen LogP contribution in [0.15, 0.2) is 54.9 Å². The average molecular weight is 350 g/mol. The number of H-pyrrole nitrogens is 2. The van der Waals surface area contributed by atoms with E-state index >= 15 is 0 Å². The molecule has 2 aromatic heterocycles. The van der Waals surface area contributed by atoms with E-state index in [1.807, 2.05) is 36.7 Å². The standard InChI is InChI=1S/C21H19FN2O2/c22-16-7-8-20-18(11-16)14(12-23-20)4-3-9-26-21(25)10-15-13-24-19-6-2-1-5-17(15)19/h1-2,5-8,11-13,23-24H,3-4,9-10H2. The van der Waals surface area contributed by atoms with E-state index in [0.29, 0.717) is 13.0 Å². The highest BCUT2D eigenvalue weighted by Gasteiger charge is 2.10. The minimum absolute atomic E-state index is 0.236. The Morgan fingerprint density at radius 2 is 1.73 bits per heavy atom. The Bertz CT molecular complexity index is 1060. The van der Waals surface area contributed by atoms with Crippen LogP contribution in [0.4, 0.5) is 4.39 Å². The second-order valence-corrected chi connectivity index (χ2v) is 6.36. The summed E-state index contributed by atoms with van der Waals surface area (Å²) in [4.78, 5) is 18.4. The third-order valence-electron chi connectivity index (χ3n) is 4.59. The van der Waals surface area contributed by atoms with Crippen LogP contribution < -0.4 is 0 Å². The second-order valence-electron chi connectivity index (χ2n) is 6.36. The molecule has 2 N–H and O–H groups in total. The molecule has 4 rings (SSSR count). The van der Waals surface area contributed by atoms with Gasteiger partial charge in [-0.3, -0.25) is 4.79 Å². The minimum Gasteiger partial charge on any atom is -0.465 e. The van der Waals surface area contributed by atoms with Crippen molar-refractivity contribution in [2.75, 3.05) is 6.61 Å². The molecule has 0 radical (unpaired) electrons. The van der Waals surface area contributed by atoms with Gasteiger partial charge in [0.2, 0.25) is 0 Å². The Labute approximate surface area is 150 Å². The third kappa shape index (κ3) is 3.33. The highest BCUT2D eigenvalue weighted by atomic mass is 19.1. The molecule has 0 amide bonds. The number of nitrogens with one attached hydrogen (secondary N) is 2. The van der Waals surface area contributed by atoms with Crippen LogP contribution in [0.5, 0.6) is 0 Å². The number of carbonyl (C=O) groups excluding carboxylic acids is 1. The van der Waals surface area contributed by atoms with E-state index in [0.717, 1.165) is 39.4 Å². The predicted molar refractivity (Wildman–Crippen MR) is 99.5 cm³/mol. The van der Waals surface area contributed by atoms with Crippen molar-refractivity contribution < 1.29 is 13.9 Å². The number of aryl methyl sites for hydroxylation is 1. The maximum Gasteiger partial charge on any atom is 0.310 e. The molecule has 2 heterocycles. The number of hydrogen-bond donors (Lipinski definition) is 2. The quantitative estimate of drug-likeness (QED) is 0.397. The maximum atomic E-state index is 13.4. The molecule has 0 spiro atoms. The monoisotopic (exact) mass is 350 g/mol. The molecule has 0 fully saturated rings. The summed E-state index contributed by atoms with van der Waals surface area (Å²) in [7, 11) is 0. The number of hydrogen-bond acceptors (Lipinski definition) is 2. The van der Waals surface area contributed by atoms with Gasteiger partial charge in [-0.15, -0.1) is 0 Å². The first-order valence-electron chi connectivity index (χ1n) is 8.67. The molecule has 4 nitrogen and oxygen atoms in total. The van der Waals surface area contributed by atoms with Crippen molar-refractivity contribution in [2.45, 2.75) is 19.3 Å². The molecule has 0 saturated carbocycles. The highest BCUT2D eigenvalue weighted by Crippen LogP contribution is 2.21. The number of benzene rings is 2. The highest BCUT2D eigenvalue weighted by molar-refractivity contribution is 5.87. The van der Waals surface area contributed by atoms with Crippen LogP contribution >= 0.6 is 0 Å². The van der Waals surface area contributed by atoms with E-state index in [1.165, 1.54) is 12.1 Å². The van der Waals surface area contributed by atoms with Crippen LogP contribution in [0.1, 0.15) is 17.5 Å². The number of fused-ring (bicyclic) bond motifs is 2. The summed E-state index contributed by atoms with van der Waals surface area (Å²) in [6.07, 6.45) is 5.42. The van der Waals surface area contributed by atoms with Crippen molar-refractivity contribution >= 4 is 27.8 Å². The van der Waals surface area contributed by atoms with Crippen molar-refractivity contribution in [3.8, 4) is 0 Å². The molecule has 26 heavy (non-hydrogen) atoms. The van der Waals surface area contributed by atoms with Crippen molar-refractivity contribution in [3.63, 3.8) is 0 Å². The molecule has 5 heteroatoms. The summed E-state index contributed by atoms with van der Waals surface area (Å²) in [5, 5.41) is 1.93. The summed E-state index contributed by atoms with van der Waals surface area (Å²) in [6.45, 7) is 0.350. The van der Waals surface area contributed by atoms with Crippen molar-refractivity contribution in [3.05, 3.63) is 71.8 Å². The summed E-state index contributed by atoms with van der Waals surface area (Å²) in [5.74, 6) is -0.483. The Kier molecular flexibility index (Phi) is 4.44. The smallest absolute Gasteiger partial charge is 0.310 e. The lowest BCUT2D eigenvalue weighted by Crippen LogP contribution is -2.09. The van der Waals surface area contributed by atoms with Crippen LogP contribution in [0, 0.1) is 5.82 Å². The van der Waals surface area contributed by atoms with Crippen molar-refractivity contribution in [1.29, 1.82) is 0 Å². The largest absolute Gasteiger partial charge is 0.465 e. The SMILES string of the molecule is O=C(Cc1c[nH]c2ccccc12)OCCCc1c[nH]c2ccc(F)cc12. The number of esters is 1. The van der Waals surface area contributed by atoms with Crippen LogP contribution in [-0.4, -0.2) is 22.5 Å². The van der Waals surface area contributed by atoms with Crippen LogP contribution in [-0.2, 0) is 22.4 Å². The van der Waals surface area contributed by atoms with E-state index in [2.05, 4.69) is 9.97 Å². The Hall–Kier alpha value is -3.08. The lowest BCUT2D eigenvalue weighted by atomic mass is 10.1. The Balaban J connectivity index is 1.30. The van der Waals surface area contributed by atoms with Gasteiger partial charge in [0, 0.05) is 34.2 Å². The van der Waals surface area contributed by atoms with Gasteiger partial charge in [-0.2, -0.15) is 0 Å². The number of rotatable bonds is 6. The number of halogens is 1. The van der Waals surface area contributed by atoms with E-state index < -0.39 is 0 Å². The minimum atomic E-state index is -0.247. The van der Waals surface area contributed by atoms with Crippen LogP contribution in [0.3, 0.4) is 0 Å². The molecule has 4 aromatic rings. The van der Waals surface area contributed by atoms with Gasteiger partial charge in [0.05, 0.1) is 13.0 Å². The first kappa shape index (κ1) is 16.4. The van der Waals surface area contributed by atoms with Gasteiger partial charge in [0.25, 0.3) is 0 Å². The average Bonchev–Trinajstić information content (AvgIpc) is 3.23. The van der Waals surface area contributed by atoms with Gasteiger partial charge in [0.1, 0.15) is 5.82 Å². The Morgan fingerprint density at radius 1 is 0.962 bits per heavy atom. The topological polar surface area (TPSA) is 57.9 Å². The molecule has 0 bridgehead atoms. The molecule has 0 atom stereocenters. The van der Waals surface area contributed by atoms with E-state index in [4.69, 9.17) is 4.74 Å². The van der Waals surface area contributed by atoms with Gasteiger partial charge in [-0.25, -0.2) is 4.39 Å². The molecular formula is C21H19FN2O2. The zero-order valence-corrected chi connectivity index (χ0v) is 14.2. The molecule has 0 unspecified atom stereocenters. The number of aromatic amines is 2. The molecule has 0 aliphatic rings.